The molecule has 0 amide bonds. The molecule has 5 heteroatoms. The number of methoxy groups -OCH3 is 1. The molecule has 0 radical (unpaired) electrons. The monoisotopic (exact) mass is 386 g/mol. The van der Waals surface area contributed by atoms with Crippen molar-refractivity contribution in [3.8, 4) is 17.2 Å². The van der Waals surface area contributed by atoms with Gasteiger partial charge in [0.15, 0.2) is 5.76 Å². The second-order valence-corrected chi connectivity index (χ2v) is 6.60. The molecule has 0 saturated heterocycles. The van der Waals surface area contributed by atoms with Crippen molar-refractivity contribution in [2.24, 2.45) is 0 Å². The molecule has 4 rings (SSSR count). The van der Waals surface area contributed by atoms with Crippen LogP contribution in [-0.4, -0.2) is 18.9 Å². The van der Waals surface area contributed by atoms with Crippen LogP contribution in [0.5, 0.6) is 17.2 Å². The lowest BCUT2D eigenvalue weighted by Gasteiger charge is -2.08. The maximum Gasteiger partial charge on any atom is 0.347 e. The fourth-order valence-electron chi connectivity index (χ4n) is 3.12. The number of esters is 1. The van der Waals surface area contributed by atoms with Gasteiger partial charge in [0.25, 0.3) is 0 Å². The number of fused-ring (bicyclic) bond motifs is 1. The Balaban J connectivity index is 1.57. The summed E-state index contributed by atoms with van der Waals surface area (Å²) in [6, 6.07) is 19.3. The molecule has 3 aromatic rings. The van der Waals surface area contributed by atoms with Crippen LogP contribution < -0.4 is 14.2 Å². The van der Waals surface area contributed by atoms with Gasteiger partial charge >= 0.3 is 5.97 Å². The fraction of sp³-hybridized carbons (Fsp3) is 0.0833. The summed E-state index contributed by atoms with van der Waals surface area (Å²) in [6.07, 6.45) is 1.70. The van der Waals surface area contributed by atoms with E-state index >= 15 is 0 Å². The maximum atomic E-state index is 12.6. The summed E-state index contributed by atoms with van der Waals surface area (Å²) < 4.78 is 16.4. The van der Waals surface area contributed by atoms with Crippen molar-refractivity contribution in [1.29, 1.82) is 0 Å². The van der Waals surface area contributed by atoms with E-state index < -0.39 is 5.97 Å². The van der Waals surface area contributed by atoms with Crippen LogP contribution in [0, 0.1) is 6.92 Å². The van der Waals surface area contributed by atoms with Gasteiger partial charge in [-0.1, -0.05) is 42.0 Å². The number of para-hydroxylation sites is 1. The minimum absolute atomic E-state index is 0.205. The molecule has 1 aliphatic rings. The van der Waals surface area contributed by atoms with E-state index in [-0.39, 0.29) is 17.3 Å². The predicted octanol–water partition coefficient (Wildman–Crippen LogP) is 4.84. The molecule has 0 aromatic heterocycles. The van der Waals surface area contributed by atoms with E-state index in [1.807, 2.05) is 31.2 Å². The Morgan fingerprint density at radius 2 is 1.83 bits per heavy atom. The first-order valence-corrected chi connectivity index (χ1v) is 9.05. The third kappa shape index (κ3) is 3.75. The Morgan fingerprint density at radius 1 is 1.00 bits per heavy atom. The van der Waals surface area contributed by atoms with Crippen LogP contribution in [0.1, 0.15) is 31.8 Å². The molecule has 0 unspecified atom stereocenters. The topological polar surface area (TPSA) is 61.8 Å². The van der Waals surface area contributed by atoms with Crippen LogP contribution in [0.4, 0.5) is 0 Å². The first-order valence-electron chi connectivity index (χ1n) is 9.05. The molecule has 1 heterocycles. The van der Waals surface area contributed by atoms with E-state index in [1.54, 1.807) is 42.5 Å². The van der Waals surface area contributed by atoms with Gasteiger partial charge in [0.1, 0.15) is 22.8 Å². The zero-order valence-corrected chi connectivity index (χ0v) is 16.0. The van der Waals surface area contributed by atoms with Crippen LogP contribution in [0.2, 0.25) is 0 Å². The van der Waals surface area contributed by atoms with Crippen molar-refractivity contribution in [3.63, 3.8) is 0 Å². The van der Waals surface area contributed by atoms with Crippen LogP contribution in [-0.2, 0) is 0 Å². The predicted molar refractivity (Wildman–Crippen MR) is 109 cm³/mol. The molecule has 1 aliphatic heterocycles. The number of aryl methyl sites for hydroxylation is 1. The van der Waals surface area contributed by atoms with Crippen LogP contribution in [0.25, 0.3) is 6.08 Å². The average molecular weight is 386 g/mol. The second kappa shape index (κ2) is 7.64. The van der Waals surface area contributed by atoms with Crippen molar-refractivity contribution >= 4 is 17.8 Å². The Bertz CT molecular complexity index is 1140. The van der Waals surface area contributed by atoms with Gasteiger partial charge < -0.3 is 14.2 Å². The highest BCUT2D eigenvalue weighted by Crippen LogP contribution is 2.35. The van der Waals surface area contributed by atoms with E-state index in [0.29, 0.717) is 22.6 Å². The first kappa shape index (κ1) is 18.5. The molecule has 0 bridgehead atoms. The molecule has 5 nitrogen and oxygen atoms in total. The number of allylic oxidation sites excluding steroid dienone is 1. The molecule has 0 aliphatic carbocycles. The Morgan fingerprint density at radius 3 is 2.62 bits per heavy atom. The normalized spacial score (nSPS) is 13.7. The number of ether oxygens (including phenoxy) is 3. The SMILES string of the molecule is COc1ccccc1C(=O)Oc1ccc2c(c1)O/C(=C\c1cccc(C)c1)C2=O. The number of carbonyl (C=O) groups excluding carboxylic acids is 2. The average Bonchev–Trinajstić information content (AvgIpc) is 3.02. The van der Waals surface area contributed by atoms with Gasteiger partial charge in [0.2, 0.25) is 5.78 Å². The smallest absolute Gasteiger partial charge is 0.347 e. The maximum absolute atomic E-state index is 12.6. The number of carbonyl (C=O) groups is 2. The summed E-state index contributed by atoms with van der Waals surface area (Å²) in [5, 5.41) is 0. The summed E-state index contributed by atoms with van der Waals surface area (Å²) in [5.74, 6) is 0.544. The summed E-state index contributed by atoms with van der Waals surface area (Å²) >= 11 is 0. The minimum Gasteiger partial charge on any atom is -0.496 e. The lowest BCUT2D eigenvalue weighted by molar-refractivity contribution is 0.0731. The fourth-order valence-corrected chi connectivity index (χ4v) is 3.12. The highest BCUT2D eigenvalue weighted by molar-refractivity contribution is 6.14. The van der Waals surface area contributed by atoms with Crippen LogP contribution in [0.3, 0.4) is 0 Å². The Labute approximate surface area is 168 Å². The zero-order valence-electron chi connectivity index (χ0n) is 16.0. The van der Waals surface area contributed by atoms with Gasteiger partial charge in [0, 0.05) is 6.07 Å². The van der Waals surface area contributed by atoms with E-state index in [2.05, 4.69) is 0 Å². The van der Waals surface area contributed by atoms with Gasteiger partial charge in [0.05, 0.1) is 12.7 Å². The van der Waals surface area contributed by atoms with Gasteiger partial charge in [-0.25, -0.2) is 4.79 Å². The highest BCUT2D eigenvalue weighted by Gasteiger charge is 2.28. The van der Waals surface area contributed by atoms with E-state index in [1.165, 1.54) is 13.2 Å². The first-order chi connectivity index (χ1) is 14.0. The number of rotatable bonds is 4. The molecule has 0 atom stereocenters. The Kier molecular flexibility index (Phi) is 4.87. The van der Waals surface area contributed by atoms with E-state index in [4.69, 9.17) is 14.2 Å². The lowest BCUT2D eigenvalue weighted by Crippen LogP contribution is -2.10. The number of benzene rings is 3. The zero-order chi connectivity index (χ0) is 20.4. The lowest BCUT2D eigenvalue weighted by atomic mass is 10.1. The van der Waals surface area contributed by atoms with Gasteiger partial charge in [-0.2, -0.15) is 0 Å². The molecule has 0 saturated carbocycles. The number of Topliss-reactive ketones (excluding diaryl/α,β-unsaturated/α-hetero) is 1. The summed E-state index contributed by atoms with van der Waals surface area (Å²) in [7, 11) is 1.49. The second-order valence-electron chi connectivity index (χ2n) is 6.60. The summed E-state index contributed by atoms with van der Waals surface area (Å²) in [4.78, 5) is 25.1. The highest BCUT2D eigenvalue weighted by atomic mass is 16.5. The molecule has 0 spiro atoms. The molecular formula is C24H18O5. The number of hydrogen-bond acceptors (Lipinski definition) is 5. The van der Waals surface area contributed by atoms with E-state index in [0.717, 1.165) is 11.1 Å². The van der Waals surface area contributed by atoms with Crippen LogP contribution in [0.15, 0.2) is 72.5 Å². The largest absolute Gasteiger partial charge is 0.496 e. The van der Waals surface area contributed by atoms with Crippen molar-refractivity contribution in [1.82, 2.24) is 0 Å². The molecule has 3 aromatic carbocycles. The summed E-state index contributed by atoms with van der Waals surface area (Å²) in [5.41, 5.74) is 2.71. The Hall–Kier alpha value is -3.86. The van der Waals surface area contributed by atoms with Crippen molar-refractivity contribution in [2.45, 2.75) is 6.92 Å². The number of ketones is 1. The van der Waals surface area contributed by atoms with Crippen molar-refractivity contribution < 1.29 is 23.8 Å². The molecule has 0 fully saturated rings. The summed E-state index contributed by atoms with van der Waals surface area (Å²) in [6.45, 7) is 1.98. The quantitative estimate of drug-likeness (QED) is 0.365. The third-order valence-electron chi connectivity index (χ3n) is 4.52. The molecule has 144 valence electrons. The van der Waals surface area contributed by atoms with E-state index in [9.17, 15) is 9.59 Å². The molecular weight excluding hydrogens is 368 g/mol. The minimum atomic E-state index is -0.553. The third-order valence-corrected chi connectivity index (χ3v) is 4.52. The van der Waals surface area contributed by atoms with Crippen LogP contribution >= 0.6 is 0 Å². The van der Waals surface area contributed by atoms with Gasteiger partial charge in [-0.15, -0.1) is 0 Å². The standard InChI is InChI=1S/C24H18O5/c1-15-6-5-7-16(12-15)13-22-23(25)18-11-10-17(14-21(18)29-22)28-24(26)19-8-3-4-9-20(19)27-2/h3-14H,1-2H3/b22-13-. The van der Waals surface area contributed by atoms with Crippen molar-refractivity contribution in [2.75, 3.05) is 7.11 Å². The van der Waals surface area contributed by atoms with Crippen molar-refractivity contribution in [3.05, 3.63) is 94.7 Å². The molecule has 0 N–H and O–H groups in total. The number of hydrogen-bond donors (Lipinski definition) is 0. The van der Waals surface area contributed by atoms with Gasteiger partial charge in [-0.05, 0) is 42.8 Å². The molecule has 29 heavy (non-hydrogen) atoms. The van der Waals surface area contributed by atoms with Gasteiger partial charge in [-0.3, -0.25) is 4.79 Å².